The summed E-state index contributed by atoms with van der Waals surface area (Å²) in [6.07, 6.45) is 3.69. The molecular weight excluding hydrogens is 256 g/mol. The van der Waals surface area contributed by atoms with E-state index in [-0.39, 0.29) is 6.10 Å². The van der Waals surface area contributed by atoms with Crippen molar-refractivity contribution >= 4 is 0 Å². The van der Waals surface area contributed by atoms with E-state index in [1.165, 1.54) is 19.3 Å². The quantitative estimate of drug-likeness (QED) is 0.819. The summed E-state index contributed by atoms with van der Waals surface area (Å²) in [5, 5.41) is 7.19. The van der Waals surface area contributed by atoms with Crippen molar-refractivity contribution in [3.05, 3.63) is 11.7 Å². The first-order valence-corrected chi connectivity index (χ1v) is 7.45. The van der Waals surface area contributed by atoms with Gasteiger partial charge in [-0.15, -0.1) is 0 Å². The summed E-state index contributed by atoms with van der Waals surface area (Å²) in [5.74, 6) is 2.18. The third-order valence-electron chi connectivity index (χ3n) is 4.07. The Balaban J connectivity index is 1.76. The molecule has 1 aromatic rings. The molecule has 0 amide bonds. The highest BCUT2D eigenvalue weighted by Crippen LogP contribution is 2.21. The molecule has 6 nitrogen and oxygen atoms in total. The highest BCUT2D eigenvalue weighted by Gasteiger charge is 2.21. The van der Waals surface area contributed by atoms with Crippen molar-refractivity contribution in [3.8, 4) is 0 Å². The molecule has 114 valence electrons. The zero-order valence-electron chi connectivity index (χ0n) is 12.8. The van der Waals surface area contributed by atoms with Gasteiger partial charge in [-0.2, -0.15) is 4.98 Å². The molecule has 20 heavy (non-hydrogen) atoms. The molecule has 1 unspecified atom stereocenters. The number of ether oxygens (including phenoxy) is 1. The maximum Gasteiger partial charge on any atom is 0.240 e. The van der Waals surface area contributed by atoms with Gasteiger partial charge in [0.05, 0.1) is 6.54 Å². The van der Waals surface area contributed by atoms with Crippen molar-refractivity contribution in [2.45, 2.75) is 38.8 Å². The second-order valence-corrected chi connectivity index (χ2v) is 5.54. The van der Waals surface area contributed by atoms with Crippen LogP contribution in [0.3, 0.4) is 0 Å². The predicted octanol–water partition coefficient (Wildman–Crippen LogP) is 1.60. The molecular formula is C14H26N4O2. The molecule has 0 aromatic carbocycles. The molecule has 1 aliphatic heterocycles. The topological polar surface area (TPSA) is 63.4 Å². The number of aromatic nitrogens is 2. The van der Waals surface area contributed by atoms with Crippen molar-refractivity contribution in [1.29, 1.82) is 0 Å². The zero-order chi connectivity index (χ0) is 14.4. The fourth-order valence-electron chi connectivity index (χ4n) is 2.58. The SMILES string of the molecule is CNCCC1CCN(Cc2nc(C(C)OC)no2)CC1. The van der Waals surface area contributed by atoms with E-state index in [4.69, 9.17) is 9.26 Å². The van der Waals surface area contributed by atoms with E-state index < -0.39 is 0 Å². The lowest BCUT2D eigenvalue weighted by Gasteiger charge is -2.30. The lowest BCUT2D eigenvalue weighted by molar-refractivity contribution is 0.109. The van der Waals surface area contributed by atoms with Gasteiger partial charge in [0.25, 0.3) is 0 Å². The Morgan fingerprint density at radius 3 is 2.85 bits per heavy atom. The summed E-state index contributed by atoms with van der Waals surface area (Å²) in [4.78, 5) is 6.78. The minimum Gasteiger partial charge on any atom is -0.374 e. The molecule has 1 N–H and O–H groups in total. The van der Waals surface area contributed by atoms with Crippen LogP contribution in [-0.4, -0.2) is 48.8 Å². The third-order valence-corrected chi connectivity index (χ3v) is 4.07. The number of methoxy groups -OCH3 is 1. The Kier molecular flexibility index (Phi) is 5.94. The number of piperidine rings is 1. The van der Waals surface area contributed by atoms with E-state index >= 15 is 0 Å². The maximum atomic E-state index is 5.29. The third kappa shape index (κ3) is 4.26. The number of nitrogens with zero attached hydrogens (tertiary/aromatic N) is 3. The van der Waals surface area contributed by atoms with Crippen molar-refractivity contribution in [2.24, 2.45) is 5.92 Å². The van der Waals surface area contributed by atoms with Gasteiger partial charge in [-0.1, -0.05) is 5.16 Å². The lowest BCUT2D eigenvalue weighted by atomic mass is 9.93. The summed E-state index contributed by atoms with van der Waals surface area (Å²) >= 11 is 0. The molecule has 1 aromatic heterocycles. The molecule has 0 saturated carbocycles. The molecule has 0 spiro atoms. The largest absolute Gasteiger partial charge is 0.374 e. The van der Waals surface area contributed by atoms with E-state index in [2.05, 4.69) is 20.4 Å². The zero-order valence-corrected chi connectivity index (χ0v) is 12.8. The normalized spacial score (nSPS) is 19.4. The van der Waals surface area contributed by atoms with Crippen LogP contribution in [0.5, 0.6) is 0 Å². The van der Waals surface area contributed by atoms with Gasteiger partial charge in [0.15, 0.2) is 5.82 Å². The Morgan fingerprint density at radius 2 is 2.20 bits per heavy atom. The first kappa shape index (κ1) is 15.4. The summed E-state index contributed by atoms with van der Waals surface area (Å²) in [5.41, 5.74) is 0. The second-order valence-electron chi connectivity index (χ2n) is 5.54. The van der Waals surface area contributed by atoms with Crippen LogP contribution >= 0.6 is 0 Å². The molecule has 2 rings (SSSR count). The number of hydrogen-bond acceptors (Lipinski definition) is 6. The molecule has 1 fully saturated rings. The Hall–Kier alpha value is -0.980. The predicted molar refractivity (Wildman–Crippen MR) is 76.3 cm³/mol. The first-order chi connectivity index (χ1) is 9.72. The second kappa shape index (κ2) is 7.71. The molecule has 0 aliphatic carbocycles. The highest BCUT2D eigenvalue weighted by atomic mass is 16.5. The standard InChI is InChI=1S/C14H26N4O2/c1-11(19-3)14-16-13(20-17-14)10-18-8-5-12(6-9-18)4-7-15-2/h11-12,15H,4-10H2,1-3H3. The van der Waals surface area contributed by atoms with Crippen LogP contribution < -0.4 is 5.32 Å². The van der Waals surface area contributed by atoms with Gasteiger partial charge in [-0.05, 0) is 58.8 Å². The summed E-state index contributed by atoms with van der Waals surface area (Å²) in [7, 11) is 3.67. The van der Waals surface area contributed by atoms with Gasteiger partial charge in [-0.25, -0.2) is 0 Å². The van der Waals surface area contributed by atoms with Gasteiger partial charge in [0.2, 0.25) is 5.89 Å². The van der Waals surface area contributed by atoms with Crippen molar-refractivity contribution < 1.29 is 9.26 Å². The number of nitrogens with one attached hydrogen (secondary N) is 1. The molecule has 1 aliphatic rings. The van der Waals surface area contributed by atoms with Crippen molar-refractivity contribution in [2.75, 3.05) is 33.8 Å². The number of likely N-dealkylation sites (tertiary alicyclic amines) is 1. The van der Waals surface area contributed by atoms with E-state index in [1.54, 1.807) is 7.11 Å². The monoisotopic (exact) mass is 282 g/mol. The molecule has 1 atom stereocenters. The summed E-state index contributed by atoms with van der Waals surface area (Å²) < 4.78 is 10.5. The van der Waals surface area contributed by atoms with Crippen LogP contribution in [0.25, 0.3) is 0 Å². The van der Waals surface area contributed by atoms with Crippen LogP contribution in [-0.2, 0) is 11.3 Å². The summed E-state index contributed by atoms with van der Waals surface area (Å²) in [6.45, 7) is 6.02. The van der Waals surface area contributed by atoms with E-state index in [9.17, 15) is 0 Å². The molecule has 0 radical (unpaired) electrons. The number of hydrogen-bond donors (Lipinski definition) is 1. The van der Waals surface area contributed by atoms with Crippen LogP contribution in [0.2, 0.25) is 0 Å². The van der Waals surface area contributed by atoms with Crippen LogP contribution in [0.15, 0.2) is 4.52 Å². The minimum absolute atomic E-state index is 0.111. The van der Waals surface area contributed by atoms with Gasteiger partial charge < -0.3 is 14.6 Å². The van der Waals surface area contributed by atoms with Gasteiger partial charge >= 0.3 is 0 Å². The smallest absolute Gasteiger partial charge is 0.240 e. The van der Waals surface area contributed by atoms with Gasteiger partial charge in [0.1, 0.15) is 6.10 Å². The van der Waals surface area contributed by atoms with Crippen LogP contribution in [0.4, 0.5) is 0 Å². The minimum atomic E-state index is -0.111. The molecule has 1 saturated heterocycles. The fourth-order valence-corrected chi connectivity index (χ4v) is 2.58. The van der Waals surface area contributed by atoms with E-state index in [0.717, 1.165) is 32.1 Å². The fraction of sp³-hybridized carbons (Fsp3) is 0.857. The van der Waals surface area contributed by atoms with E-state index in [0.29, 0.717) is 11.7 Å². The van der Waals surface area contributed by atoms with Crippen LogP contribution in [0, 0.1) is 5.92 Å². The lowest BCUT2D eigenvalue weighted by Crippen LogP contribution is -2.34. The molecule has 0 bridgehead atoms. The average Bonchev–Trinajstić information content (AvgIpc) is 2.94. The van der Waals surface area contributed by atoms with Gasteiger partial charge in [-0.3, -0.25) is 4.90 Å². The number of rotatable bonds is 7. The van der Waals surface area contributed by atoms with Crippen molar-refractivity contribution in [3.63, 3.8) is 0 Å². The Morgan fingerprint density at radius 1 is 1.45 bits per heavy atom. The van der Waals surface area contributed by atoms with Gasteiger partial charge in [0, 0.05) is 7.11 Å². The highest BCUT2D eigenvalue weighted by molar-refractivity contribution is 4.90. The molecule has 2 heterocycles. The maximum absolute atomic E-state index is 5.29. The Labute approximate surface area is 120 Å². The van der Waals surface area contributed by atoms with E-state index in [1.807, 2.05) is 14.0 Å². The molecule has 6 heteroatoms. The van der Waals surface area contributed by atoms with Crippen molar-refractivity contribution in [1.82, 2.24) is 20.4 Å². The Bertz CT molecular complexity index is 388. The summed E-state index contributed by atoms with van der Waals surface area (Å²) in [6, 6.07) is 0. The van der Waals surface area contributed by atoms with Crippen LogP contribution in [0.1, 0.15) is 44.0 Å². The first-order valence-electron chi connectivity index (χ1n) is 7.45. The average molecular weight is 282 g/mol.